The van der Waals surface area contributed by atoms with Crippen LogP contribution in [-0.2, 0) is 4.79 Å². The Morgan fingerprint density at radius 2 is 1.12 bits per heavy atom. The minimum absolute atomic E-state index is 0.0723. The maximum Gasteiger partial charge on any atom is 0.229 e. The lowest BCUT2D eigenvalue weighted by molar-refractivity contribution is -0.118. The maximum atomic E-state index is 12.8. The van der Waals surface area contributed by atoms with Crippen LogP contribution in [0.4, 0.5) is 5.69 Å². The van der Waals surface area contributed by atoms with Gasteiger partial charge in [-0.25, -0.2) is 0 Å². The Kier molecular flexibility index (Phi) is 7.23. The highest BCUT2D eigenvalue weighted by molar-refractivity contribution is 8.00. The van der Waals surface area contributed by atoms with Crippen LogP contribution in [0.5, 0.6) is 0 Å². The number of carbonyl (C=O) groups excluding carboxylic acids is 1. The van der Waals surface area contributed by atoms with Gasteiger partial charge in [0.15, 0.2) is 0 Å². The molecule has 0 fully saturated rings. The van der Waals surface area contributed by atoms with E-state index in [1.165, 1.54) is 9.79 Å². The van der Waals surface area contributed by atoms with E-state index in [0.717, 1.165) is 17.2 Å². The van der Waals surface area contributed by atoms with Crippen molar-refractivity contribution >= 4 is 35.1 Å². The highest BCUT2D eigenvalue weighted by atomic mass is 32.2. The molecule has 1 N–H and O–H groups in total. The summed E-state index contributed by atoms with van der Waals surface area (Å²) in [6.45, 7) is 0. The van der Waals surface area contributed by atoms with Gasteiger partial charge in [-0.05, 0) is 36.4 Å². The highest BCUT2D eigenvalue weighted by Crippen LogP contribution is 2.26. The first kappa shape index (κ1) is 18.6. The Hall–Kier alpha value is -2.17. The summed E-state index contributed by atoms with van der Waals surface area (Å²) in [5.74, 6) is 1.50. The lowest BCUT2D eigenvalue weighted by Crippen LogP contribution is -2.26. The molecule has 3 aromatic rings. The van der Waals surface area contributed by atoms with Gasteiger partial charge >= 0.3 is 0 Å². The summed E-state index contributed by atoms with van der Waals surface area (Å²) in [7, 11) is 0. The SMILES string of the molecule is O=C(Nc1ccccc1)C(CSc1ccccc1)CSc1ccccc1. The number of hydrogen-bond donors (Lipinski definition) is 1. The zero-order valence-electron chi connectivity index (χ0n) is 14.4. The average Bonchev–Trinajstić information content (AvgIpc) is 2.70. The molecule has 3 rings (SSSR count). The smallest absolute Gasteiger partial charge is 0.229 e. The van der Waals surface area contributed by atoms with E-state index < -0.39 is 0 Å². The van der Waals surface area contributed by atoms with Crippen molar-refractivity contribution < 1.29 is 4.79 Å². The summed E-state index contributed by atoms with van der Waals surface area (Å²) in [5, 5.41) is 3.05. The Balaban J connectivity index is 1.64. The number of para-hydroxylation sites is 1. The predicted molar refractivity (Wildman–Crippen MR) is 113 cm³/mol. The molecule has 0 aliphatic heterocycles. The molecule has 0 aliphatic rings. The van der Waals surface area contributed by atoms with Crippen molar-refractivity contribution in [3.05, 3.63) is 91.0 Å². The van der Waals surface area contributed by atoms with Gasteiger partial charge in [-0.2, -0.15) is 0 Å². The fourth-order valence-corrected chi connectivity index (χ4v) is 4.57. The summed E-state index contributed by atoms with van der Waals surface area (Å²) >= 11 is 3.46. The van der Waals surface area contributed by atoms with Crippen molar-refractivity contribution in [1.82, 2.24) is 0 Å². The van der Waals surface area contributed by atoms with Crippen molar-refractivity contribution in [2.45, 2.75) is 9.79 Å². The molecule has 0 saturated heterocycles. The molecule has 132 valence electrons. The van der Waals surface area contributed by atoms with E-state index in [9.17, 15) is 4.79 Å². The van der Waals surface area contributed by atoms with Crippen LogP contribution in [0.15, 0.2) is 101 Å². The monoisotopic (exact) mass is 379 g/mol. The summed E-state index contributed by atoms with van der Waals surface area (Å²) in [5.41, 5.74) is 0.844. The lowest BCUT2D eigenvalue weighted by atomic mass is 10.2. The second-order valence-corrected chi connectivity index (χ2v) is 7.99. The van der Waals surface area contributed by atoms with Crippen LogP contribution in [0.1, 0.15) is 0 Å². The molecule has 3 aromatic carbocycles. The van der Waals surface area contributed by atoms with Crippen LogP contribution in [0.3, 0.4) is 0 Å². The molecule has 4 heteroatoms. The van der Waals surface area contributed by atoms with Gasteiger partial charge in [-0.15, -0.1) is 23.5 Å². The molecule has 0 aromatic heterocycles. The molecule has 0 radical (unpaired) electrons. The number of nitrogens with one attached hydrogen (secondary N) is 1. The first-order valence-electron chi connectivity index (χ1n) is 8.53. The van der Waals surface area contributed by atoms with Crippen LogP contribution in [0, 0.1) is 5.92 Å². The Morgan fingerprint density at radius 1 is 0.692 bits per heavy atom. The number of thioether (sulfide) groups is 2. The molecule has 26 heavy (non-hydrogen) atoms. The Bertz CT molecular complexity index is 751. The van der Waals surface area contributed by atoms with Crippen LogP contribution in [0.25, 0.3) is 0 Å². The van der Waals surface area contributed by atoms with Gasteiger partial charge in [-0.3, -0.25) is 4.79 Å². The average molecular weight is 380 g/mol. The number of benzene rings is 3. The van der Waals surface area contributed by atoms with E-state index in [4.69, 9.17) is 0 Å². The quantitative estimate of drug-likeness (QED) is 0.500. The van der Waals surface area contributed by atoms with E-state index in [1.54, 1.807) is 23.5 Å². The lowest BCUT2D eigenvalue weighted by Gasteiger charge is -2.16. The number of amides is 1. The third-order valence-corrected chi connectivity index (χ3v) is 6.15. The zero-order chi connectivity index (χ0) is 18.0. The van der Waals surface area contributed by atoms with E-state index in [1.807, 2.05) is 66.7 Å². The zero-order valence-corrected chi connectivity index (χ0v) is 16.0. The fraction of sp³-hybridized carbons (Fsp3) is 0.136. The molecule has 0 heterocycles. The van der Waals surface area contributed by atoms with Gasteiger partial charge in [0.1, 0.15) is 0 Å². The number of carbonyl (C=O) groups is 1. The second-order valence-electron chi connectivity index (χ2n) is 5.80. The van der Waals surface area contributed by atoms with Gasteiger partial charge < -0.3 is 5.32 Å². The first-order chi connectivity index (χ1) is 12.8. The third kappa shape index (κ3) is 5.97. The molecule has 2 nitrogen and oxygen atoms in total. The second kappa shape index (κ2) is 10.1. The number of hydrogen-bond acceptors (Lipinski definition) is 3. The van der Waals surface area contributed by atoms with E-state index in [0.29, 0.717) is 0 Å². The van der Waals surface area contributed by atoms with Crippen molar-refractivity contribution in [2.75, 3.05) is 16.8 Å². The molecular formula is C22H21NOS2. The largest absolute Gasteiger partial charge is 0.326 e. The molecule has 0 aliphatic carbocycles. The molecular weight excluding hydrogens is 358 g/mol. The Labute approximate surface area is 163 Å². The van der Waals surface area contributed by atoms with Gasteiger partial charge in [0.05, 0.1) is 5.92 Å². The molecule has 0 saturated carbocycles. The molecule has 0 spiro atoms. The normalized spacial score (nSPS) is 10.7. The van der Waals surface area contributed by atoms with Crippen LogP contribution >= 0.6 is 23.5 Å². The third-order valence-electron chi connectivity index (χ3n) is 3.80. The van der Waals surface area contributed by atoms with E-state index in [-0.39, 0.29) is 11.8 Å². The van der Waals surface area contributed by atoms with Gasteiger partial charge in [0.25, 0.3) is 0 Å². The molecule has 0 bridgehead atoms. The van der Waals surface area contributed by atoms with Crippen LogP contribution in [-0.4, -0.2) is 17.4 Å². The highest BCUT2D eigenvalue weighted by Gasteiger charge is 2.19. The minimum Gasteiger partial charge on any atom is -0.326 e. The van der Waals surface area contributed by atoms with Crippen molar-refractivity contribution in [1.29, 1.82) is 0 Å². The number of rotatable bonds is 8. The van der Waals surface area contributed by atoms with Gasteiger partial charge in [0.2, 0.25) is 5.91 Å². The summed E-state index contributed by atoms with van der Waals surface area (Å²) in [6, 6.07) is 30.1. The summed E-state index contributed by atoms with van der Waals surface area (Å²) in [4.78, 5) is 15.2. The van der Waals surface area contributed by atoms with Crippen LogP contribution in [0.2, 0.25) is 0 Å². The predicted octanol–water partition coefficient (Wildman–Crippen LogP) is 5.83. The fourth-order valence-electron chi connectivity index (χ4n) is 2.39. The molecule has 0 atom stereocenters. The minimum atomic E-state index is -0.0781. The standard InChI is InChI=1S/C22H21NOS2/c24-22(23-19-10-4-1-5-11-19)18(16-25-20-12-6-2-7-13-20)17-26-21-14-8-3-9-15-21/h1-15,18H,16-17H2,(H,23,24). The maximum absolute atomic E-state index is 12.8. The van der Waals surface area contributed by atoms with E-state index in [2.05, 4.69) is 29.6 Å². The van der Waals surface area contributed by atoms with Crippen LogP contribution < -0.4 is 5.32 Å². The van der Waals surface area contributed by atoms with Gasteiger partial charge in [0, 0.05) is 27.0 Å². The van der Waals surface area contributed by atoms with Crippen molar-refractivity contribution in [3.63, 3.8) is 0 Å². The van der Waals surface area contributed by atoms with Gasteiger partial charge in [-0.1, -0.05) is 54.6 Å². The van der Waals surface area contributed by atoms with Crippen molar-refractivity contribution in [3.8, 4) is 0 Å². The Morgan fingerprint density at radius 3 is 1.58 bits per heavy atom. The topological polar surface area (TPSA) is 29.1 Å². The first-order valence-corrected chi connectivity index (χ1v) is 10.5. The number of anilines is 1. The molecule has 0 unspecified atom stereocenters. The molecule has 1 amide bonds. The van der Waals surface area contributed by atoms with Crippen molar-refractivity contribution in [2.24, 2.45) is 5.92 Å². The summed E-state index contributed by atoms with van der Waals surface area (Å²) < 4.78 is 0. The van der Waals surface area contributed by atoms with E-state index >= 15 is 0 Å². The summed E-state index contributed by atoms with van der Waals surface area (Å²) in [6.07, 6.45) is 0.